The summed E-state index contributed by atoms with van der Waals surface area (Å²) in [5.41, 5.74) is 7.76. The van der Waals surface area contributed by atoms with Gasteiger partial charge in [-0.05, 0) is 24.0 Å². The Bertz CT molecular complexity index is 736. The van der Waals surface area contributed by atoms with Gasteiger partial charge in [-0.1, -0.05) is 32.0 Å². The molecule has 130 valence electrons. The standard InChI is InChI=1S/C18H25N3O3/c1-11(2)8-14(19)17(22)20-15(18(23)24)9-12-10-21(3)16-7-5-4-6-13(12)16/h4-7,10-11,14-15H,8-9,19H2,1-3H3,(H,20,22)(H,23,24). The van der Waals surface area contributed by atoms with Gasteiger partial charge < -0.3 is 20.7 Å². The van der Waals surface area contributed by atoms with Crippen molar-refractivity contribution in [1.82, 2.24) is 9.88 Å². The fourth-order valence-corrected chi connectivity index (χ4v) is 2.90. The average molecular weight is 331 g/mol. The molecule has 2 rings (SSSR count). The molecule has 1 heterocycles. The van der Waals surface area contributed by atoms with Crippen LogP contribution in [0.2, 0.25) is 0 Å². The molecule has 2 aromatic rings. The molecular weight excluding hydrogens is 306 g/mol. The number of aliphatic carboxylic acids is 1. The Balaban J connectivity index is 2.16. The van der Waals surface area contributed by atoms with E-state index in [-0.39, 0.29) is 12.3 Å². The quantitative estimate of drug-likeness (QED) is 0.719. The lowest BCUT2D eigenvalue weighted by atomic mass is 10.0. The van der Waals surface area contributed by atoms with E-state index in [1.165, 1.54) is 0 Å². The normalized spacial score (nSPS) is 13.9. The van der Waals surface area contributed by atoms with Crippen molar-refractivity contribution in [2.45, 2.75) is 38.8 Å². The average Bonchev–Trinajstić information content (AvgIpc) is 2.82. The number of hydrogen-bond donors (Lipinski definition) is 3. The lowest BCUT2D eigenvalue weighted by molar-refractivity contribution is -0.142. The van der Waals surface area contributed by atoms with E-state index in [9.17, 15) is 14.7 Å². The number of rotatable bonds is 7. The highest BCUT2D eigenvalue weighted by atomic mass is 16.4. The first-order valence-corrected chi connectivity index (χ1v) is 8.11. The van der Waals surface area contributed by atoms with Gasteiger partial charge in [0.25, 0.3) is 0 Å². The maximum absolute atomic E-state index is 12.1. The minimum absolute atomic E-state index is 0.219. The van der Waals surface area contributed by atoms with Gasteiger partial charge in [0.15, 0.2) is 0 Å². The Hall–Kier alpha value is -2.34. The van der Waals surface area contributed by atoms with Crippen LogP contribution in [0.15, 0.2) is 30.5 Å². The molecule has 0 bridgehead atoms. The molecule has 0 saturated carbocycles. The third kappa shape index (κ3) is 4.14. The highest BCUT2D eigenvalue weighted by Crippen LogP contribution is 2.21. The monoisotopic (exact) mass is 331 g/mol. The highest BCUT2D eigenvalue weighted by Gasteiger charge is 2.25. The van der Waals surface area contributed by atoms with Gasteiger partial charge in [0.2, 0.25) is 5.91 Å². The lowest BCUT2D eigenvalue weighted by Gasteiger charge is -2.18. The summed E-state index contributed by atoms with van der Waals surface area (Å²) in [6.45, 7) is 3.94. The number of nitrogens with zero attached hydrogens (tertiary/aromatic N) is 1. The number of carboxylic acids is 1. The molecule has 0 aliphatic carbocycles. The second-order valence-electron chi connectivity index (χ2n) is 6.62. The molecule has 0 saturated heterocycles. The molecule has 2 unspecified atom stereocenters. The zero-order valence-corrected chi connectivity index (χ0v) is 14.3. The summed E-state index contributed by atoms with van der Waals surface area (Å²) < 4.78 is 1.95. The third-order valence-electron chi connectivity index (χ3n) is 4.08. The van der Waals surface area contributed by atoms with Crippen LogP contribution in [0, 0.1) is 5.92 Å². The number of nitrogens with one attached hydrogen (secondary N) is 1. The Morgan fingerprint density at radius 2 is 1.96 bits per heavy atom. The van der Waals surface area contributed by atoms with Crippen LogP contribution >= 0.6 is 0 Å². The zero-order chi connectivity index (χ0) is 17.9. The van der Waals surface area contributed by atoms with E-state index < -0.39 is 24.0 Å². The van der Waals surface area contributed by atoms with E-state index in [2.05, 4.69) is 5.32 Å². The minimum atomic E-state index is -1.06. The lowest BCUT2D eigenvalue weighted by Crippen LogP contribution is -2.49. The van der Waals surface area contributed by atoms with Crippen molar-refractivity contribution in [2.75, 3.05) is 0 Å². The Morgan fingerprint density at radius 1 is 1.29 bits per heavy atom. The molecule has 0 fully saturated rings. The Kier molecular flexibility index (Phi) is 5.62. The molecule has 24 heavy (non-hydrogen) atoms. The maximum Gasteiger partial charge on any atom is 0.326 e. The van der Waals surface area contributed by atoms with E-state index in [1.807, 2.05) is 55.9 Å². The second-order valence-corrected chi connectivity index (χ2v) is 6.62. The first kappa shape index (κ1) is 18.0. The molecule has 1 aromatic carbocycles. The SMILES string of the molecule is CC(C)CC(N)C(=O)NC(Cc1cn(C)c2ccccc12)C(=O)O. The molecule has 2 atom stereocenters. The van der Waals surface area contributed by atoms with Crippen LogP contribution in [0.4, 0.5) is 0 Å². The summed E-state index contributed by atoms with van der Waals surface area (Å²) in [5, 5.41) is 13.0. The number of carboxylic acid groups (broad SMARTS) is 1. The number of carbonyl (C=O) groups is 2. The van der Waals surface area contributed by atoms with Crippen LogP contribution < -0.4 is 11.1 Å². The number of para-hydroxylation sites is 1. The van der Waals surface area contributed by atoms with Crippen molar-refractivity contribution in [1.29, 1.82) is 0 Å². The highest BCUT2D eigenvalue weighted by molar-refractivity contribution is 5.88. The number of aryl methyl sites for hydroxylation is 1. The van der Waals surface area contributed by atoms with Crippen molar-refractivity contribution >= 4 is 22.8 Å². The van der Waals surface area contributed by atoms with Gasteiger partial charge in [-0.2, -0.15) is 0 Å². The zero-order valence-electron chi connectivity index (χ0n) is 14.3. The summed E-state index contributed by atoms with van der Waals surface area (Å²) in [6, 6.07) is 6.09. The summed E-state index contributed by atoms with van der Waals surface area (Å²) in [7, 11) is 1.92. The topological polar surface area (TPSA) is 97.4 Å². The number of fused-ring (bicyclic) bond motifs is 1. The van der Waals surface area contributed by atoms with Crippen LogP contribution in [0.1, 0.15) is 25.8 Å². The number of benzene rings is 1. The molecule has 1 aromatic heterocycles. The first-order valence-electron chi connectivity index (χ1n) is 8.11. The van der Waals surface area contributed by atoms with Crippen LogP contribution in [0.5, 0.6) is 0 Å². The molecule has 4 N–H and O–H groups in total. The van der Waals surface area contributed by atoms with Gasteiger partial charge in [0, 0.05) is 30.6 Å². The van der Waals surface area contributed by atoms with E-state index >= 15 is 0 Å². The van der Waals surface area contributed by atoms with Crippen LogP contribution in [0.3, 0.4) is 0 Å². The van der Waals surface area contributed by atoms with Crippen LogP contribution in [-0.4, -0.2) is 33.6 Å². The van der Waals surface area contributed by atoms with Gasteiger partial charge in [-0.15, -0.1) is 0 Å². The summed E-state index contributed by atoms with van der Waals surface area (Å²) >= 11 is 0. The molecule has 0 aliphatic heterocycles. The summed E-state index contributed by atoms with van der Waals surface area (Å²) in [5.74, 6) is -1.21. The van der Waals surface area contributed by atoms with Crippen molar-refractivity contribution in [3.05, 3.63) is 36.0 Å². The number of aromatic nitrogens is 1. The molecule has 0 radical (unpaired) electrons. The molecular formula is C18H25N3O3. The maximum atomic E-state index is 12.1. The van der Waals surface area contributed by atoms with Crippen molar-refractivity contribution < 1.29 is 14.7 Å². The molecule has 0 aliphatic rings. The fourth-order valence-electron chi connectivity index (χ4n) is 2.90. The number of amides is 1. The van der Waals surface area contributed by atoms with E-state index in [4.69, 9.17) is 5.73 Å². The second kappa shape index (κ2) is 7.49. The summed E-state index contributed by atoms with van der Waals surface area (Å²) in [4.78, 5) is 23.7. The van der Waals surface area contributed by atoms with Gasteiger partial charge >= 0.3 is 5.97 Å². The number of nitrogens with two attached hydrogens (primary N) is 1. The summed E-state index contributed by atoms with van der Waals surface area (Å²) in [6.07, 6.45) is 2.64. The smallest absolute Gasteiger partial charge is 0.326 e. The Morgan fingerprint density at radius 3 is 2.58 bits per heavy atom. The molecule has 6 heteroatoms. The third-order valence-corrected chi connectivity index (χ3v) is 4.08. The number of hydrogen-bond acceptors (Lipinski definition) is 3. The van der Waals surface area contributed by atoms with Crippen LogP contribution in [0.25, 0.3) is 10.9 Å². The van der Waals surface area contributed by atoms with Crippen molar-refractivity contribution in [3.8, 4) is 0 Å². The van der Waals surface area contributed by atoms with Crippen molar-refractivity contribution in [2.24, 2.45) is 18.7 Å². The van der Waals surface area contributed by atoms with E-state index in [1.54, 1.807) is 0 Å². The predicted molar refractivity (Wildman–Crippen MR) is 93.6 cm³/mol. The molecule has 6 nitrogen and oxygen atoms in total. The predicted octanol–water partition coefficient (Wildman–Crippen LogP) is 1.66. The van der Waals surface area contributed by atoms with Gasteiger partial charge in [0.05, 0.1) is 6.04 Å². The molecule has 0 spiro atoms. The van der Waals surface area contributed by atoms with Crippen molar-refractivity contribution in [3.63, 3.8) is 0 Å². The fraction of sp³-hybridized carbons (Fsp3) is 0.444. The van der Waals surface area contributed by atoms with Gasteiger partial charge in [-0.25, -0.2) is 4.79 Å². The van der Waals surface area contributed by atoms with Gasteiger partial charge in [-0.3, -0.25) is 4.79 Å². The minimum Gasteiger partial charge on any atom is -0.480 e. The van der Waals surface area contributed by atoms with E-state index in [0.717, 1.165) is 16.5 Å². The Labute approximate surface area is 141 Å². The van der Waals surface area contributed by atoms with E-state index in [0.29, 0.717) is 6.42 Å². The first-order chi connectivity index (χ1) is 11.3. The molecule has 1 amide bonds. The van der Waals surface area contributed by atoms with Gasteiger partial charge in [0.1, 0.15) is 6.04 Å². The largest absolute Gasteiger partial charge is 0.480 e. The number of carbonyl (C=O) groups excluding carboxylic acids is 1. The van der Waals surface area contributed by atoms with Crippen LogP contribution in [-0.2, 0) is 23.1 Å².